The maximum atomic E-state index is 9.31. The number of nitrogens with one attached hydrogen (secondary N) is 2. The minimum absolute atomic E-state index is 0. The van der Waals surface area contributed by atoms with Crippen LogP contribution in [-0.2, 0) is 17.1 Å². The van der Waals surface area contributed by atoms with Crippen molar-refractivity contribution in [2.75, 3.05) is 6.61 Å². The van der Waals surface area contributed by atoms with Crippen molar-refractivity contribution in [3.8, 4) is 0 Å². The molecule has 0 aliphatic carbocycles. The van der Waals surface area contributed by atoms with Crippen LogP contribution in [0.2, 0.25) is 0 Å². The second-order valence-corrected chi connectivity index (χ2v) is 3.33. The Morgan fingerprint density at radius 2 is 1.82 bits per heavy atom. The minimum atomic E-state index is -1.22. The van der Waals surface area contributed by atoms with Crippen LogP contribution in [0.25, 0.3) is 0 Å². The van der Waals surface area contributed by atoms with Crippen molar-refractivity contribution in [2.24, 2.45) is 21.7 Å². The number of hydrazone groups is 2. The predicted octanol–water partition coefficient (Wildman–Crippen LogP) is -2.65. The first-order valence-corrected chi connectivity index (χ1v) is 4.79. The Hall–Kier alpha value is -0.841. The van der Waals surface area contributed by atoms with Crippen molar-refractivity contribution in [2.45, 2.75) is 6.10 Å². The second kappa shape index (κ2) is 10.3. The summed E-state index contributed by atoms with van der Waals surface area (Å²) in [4.78, 5) is 0. The standard InChI is InChI=1S/C6H12N6O2S2.Cu/c7-5(15)11-9-1-3(4(14)2-13)10-12-6(8)16;/h1,4,13-14H,2H2,(H3,7,11,15)(H3,8,12,16);. The summed E-state index contributed by atoms with van der Waals surface area (Å²) in [5.41, 5.74) is 14.7. The molecule has 17 heavy (non-hydrogen) atoms. The second-order valence-electron chi connectivity index (χ2n) is 2.45. The molecule has 11 heteroatoms. The molecule has 8 N–H and O–H groups in total. The maximum Gasteiger partial charge on any atom is 0.184 e. The van der Waals surface area contributed by atoms with E-state index in [1.165, 1.54) is 0 Å². The predicted molar refractivity (Wildman–Crippen MR) is 68.9 cm³/mol. The molecule has 0 aromatic heterocycles. The third kappa shape index (κ3) is 10.1. The smallest absolute Gasteiger partial charge is 0.184 e. The summed E-state index contributed by atoms with van der Waals surface area (Å²) in [6.45, 7) is -0.531. The number of aliphatic hydroxyl groups excluding tert-OH is 2. The van der Waals surface area contributed by atoms with Gasteiger partial charge in [-0.05, 0) is 24.4 Å². The Morgan fingerprint density at radius 1 is 1.29 bits per heavy atom. The van der Waals surface area contributed by atoms with E-state index in [1.807, 2.05) is 0 Å². The van der Waals surface area contributed by atoms with Gasteiger partial charge in [-0.3, -0.25) is 10.9 Å². The monoisotopic (exact) mass is 327 g/mol. The number of thiocarbonyl (C=S) groups is 2. The molecule has 0 spiro atoms. The van der Waals surface area contributed by atoms with Gasteiger partial charge in [0.05, 0.1) is 12.8 Å². The molecule has 0 aromatic rings. The van der Waals surface area contributed by atoms with Gasteiger partial charge in [0, 0.05) is 17.1 Å². The number of aliphatic hydroxyl groups is 2. The fourth-order valence-electron chi connectivity index (χ4n) is 0.565. The van der Waals surface area contributed by atoms with Gasteiger partial charge in [0.2, 0.25) is 0 Å². The Labute approximate surface area is 119 Å². The normalized spacial score (nSPS) is 12.7. The average Bonchev–Trinajstić information content (AvgIpc) is 2.21. The summed E-state index contributed by atoms with van der Waals surface area (Å²) in [5.74, 6) is 0. The molecule has 0 aromatic carbocycles. The molecule has 0 heterocycles. The van der Waals surface area contributed by atoms with Gasteiger partial charge in [0.25, 0.3) is 0 Å². The van der Waals surface area contributed by atoms with Gasteiger partial charge >= 0.3 is 0 Å². The molecule has 1 radical (unpaired) electrons. The van der Waals surface area contributed by atoms with Gasteiger partial charge in [0.1, 0.15) is 11.8 Å². The molecule has 1 unspecified atom stereocenters. The van der Waals surface area contributed by atoms with Crippen molar-refractivity contribution in [3.63, 3.8) is 0 Å². The van der Waals surface area contributed by atoms with E-state index in [0.717, 1.165) is 6.21 Å². The number of nitrogens with zero attached hydrogens (tertiary/aromatic N) is 2. The molecule has 0 aliphatic rings. The van der Waals surface area contributed by atoms with Crippen molar-refractivity contribution in [3.05, 3.63) is 0 Å². The topological polar surface area (TPSA) is 141 Å². The Balaban J connectivity index is 0. The fourth-order valence-corrected chi connectivity index (χ4v) is 0.663. The van der Waals surface area contributed by atoms with Gasteiger partial charge in [-0.15, -0.1) is 0 Å². The third-order valence-electron chi connectivity index (χ3n) is 1.18. The molecule has 1 atom stereocenters. The first-order chi connectivity index (χ1) is 7.47. The van der Waals surface area contributed by atoms with Crippen LogP contribution >= 0.6 is 24.4 Å². The van der Waals surface area contributed by atoms with E-state index in [2.05, 4.69) is 45.5 Å². The Kier molecular flexibility index (Phi) is 11.2. The van der Waals surface area contributed by atoms with Crippen LogP contribution in [0.3, 0.4) is 0 Å². The van der Waals surface area contributed by atoms with Gasteiger partial charge in [-0.25, -0.2) is 0 Å². The third-order valence-corrected chi connectivity index (χ3v) is 1.36. The molecule has 0 saturated heterocycles. The van der Waals surface area contributed by atoms with E-state index in [0.29, 0.717) is 0 Å². The summed E-state index contributed by atoms with van der Waals surface area (Å²) in [6.07, 6.45) is -0.107. The molecule has 0 bridgehead atoms. The van der Waals surface area contributed by atoms with Crippen LogP contribution in [0.4, 0.5) is 0 Å². The molecule has 0 aliphatic heterocycles. The zero-order valence-electron chi connectivity index (χ0n) is 8.42. The van der Waals surface area contributed by atoms with E-state index in [9.17, 15) is 5.11 Å². The van der Waals surface area contributed by atoms with Crippen LogP contribution in [-0.4, -0.2) is 45.1 Å². The van der Waals surface area contributed by atoms with Crippen molar-refractivity contribution >= 4 is 46.6 Å². The van der Waals surface area contributed by atoms with Crippen LogP contribution in [0.5, 0.6) is 0 Å². The van der Waals surface area contributed by atoms with E-state index in [4.69, 9.17) is 16.6 Å². The van der Waals surface area contributed by atoms with Crippen molar-refractivity contribution in [1.82, 2.24) is 10.9 Å². The molecule has 8 nitrogen and oxygen atoms in total. The number of hydrogen-bond acceptors (Lipinski definition) is 6. The van der Waals surface area contributed by atoms with E-state index in [1.54, 1.807) is 0 Å². The fraction of sp³-hybridized carbons (Fsp3) is 0.333. The quantitative estimate of drug-likeness (QED) is 0.139. The van der Waals surface area contributed by atoms with Gasteiger partial charge < -0.3 is 21.7 Å². The zero-order valence-corrected chi connectivity index (χ0v) is 11.0. The average molecular weight is 328 g/mol. The molecule has 0 saturated carbocycles. The summed E-state index contributed by atoms with van der Waals surface area (Å²) in [6, 6.07) is 0. The SMILES string of the molecule is NC(=S)NN=CC(=NNC(N)=S)C(O)CO.[Cu]. The van der Waals surface area contributed by atoms with Crippen LogP contribution in [0.1, 0.15) is 0 Å². The molecular formula is C6H12CuN6O2S2. The van der Waals surface area contributed by atoms with E-state index >= 15 is 0 Å². The first kappa shape index (κ1) is 18.5. The van der Waals surface area contributed by atoms with Crippen LogP contribution in [0.15, 0.2) is 10.2 Å². The van der Waals surface area contributed by atoms with E-state index < -0.39 is 12.7 Å². The molecular weight excluding hydrogens is 316 g/mol. The van der Waals surface area contributed by atoms with Gasteiger partial charge in [-0.2, -0.15) is 10.2 Å². The summed E-state index contributed by atoms with van der Waals surface area (Å²) in [5, 5.41) is 25.1. The molecule has 0 amide bonds. The van der Waals surface area contributed by atoms with Crippen LogP contribution < -0.4 is 22.3 Å². The summed E-state index contributed by atoms with van der Waals surface area (Å²) >= 11 is 9.00. The first-order valence-electron chi connectivity index (χ1n) is 3.97. The number of nitrogens with two attached hydrogens (primary N) is 2. The Morgan fingerprint density at radius 3 is 2.24 bits per heavy atom. The molecule has 0 rings (SSSR count). The minimum Gasteiger partial charge on any atom is -0.393 e. The zero-order chi connectivity index (χ0) is 12.6. The van der Waals surface area contributed by atoms with Crippen molar-refractivity contribution in [1.29, 1.82) is 0 Å². The molecule has 101 valence electrons. The largest absolute Gasteiger partial charge is 0.393 e. The Bertz CT molecular complexity index is 324. The van der Waals surface area contributed by atoms with Gasteiger partial charge in [0.15, 0.2) is 10.2 Å². The van der Waals surface area contributed by atoms with Gasteiger partial charge in [-0.1, -0.05) is 0 Å². The molecule has 0 fully saturated rings. The number of hydrogen-bond donors (Lipinski definition) is 6. The summed E-state index contributed by atoms with van der Waals surface area (Å²) < 4.78 is 0. The summed E-state index contributed by atoms with van der Waals surface area (Å²) in [7, 11) is 0. The van der Waals surface area contributed by atoms with Crippen molar-refractivity contribution < 1.29 is 27.3 Å². The van der Waals surface area contributed by atoms with E-state index in [-0.39, 0.29) is 33.0 Å². The van der Waals surface area contributed by atoms with Crippen LogP contribution in [0, 0.1) is 0 Å². The number of rotatable bonds is 5. The maximum absolute atomic E-state index is 9.31.